The van der Waals surface area contributed by atoms with E-state index in [2.05, 4.69) is 0 Å². The molecule has 2 amide bonds. The first kappa shape index (κ1) is 24.1. The molecule has 0 saturated carbocycles. The smallest absolute Gasteiger partial charge is 0.306 e. The standard InChI is InChI=1S/C15H8Cl2F6N2O4S/c16-8-2-1-6(14(18,19)20)3-10(8)24-13(26)25-11-4-7(15(21,22)23)9(17)5-12(11)30(27,28)29/h1-5H,(H2,24,25,26)(H,27,28,29). The summed E-state index contributed by atoms with van der Waals surface area (Å²) < 4.78 is 109. The van der Waals surface area contributed by atoms with E-state index in [9.17, 15) is 44.1 Å². The lowest BCUT2D eigenvalue weighted by atomic mass is 10.2. The third kappa shape index (κ3) is 5.68. The molecule has 0 aliphatic rings. The minimum atomic E-state index is -5.14. The normalized spacial score (nSPS) is 12.6. The monoisotopic (exact) mass is 496 g/mol. The third-order valence-corrected chi connectivity index (χ3v) is 4.98. The van der Waals surface area contributed by atoms with Gasteiger partial charge in [-0.25, -0.2) is 4.79 Å². The molecule has 2 rings (SSSR count). The van der Waals surface area contributed by atoms with E-state index in [1.54, 1.807) is 5.32 Å². The summed E-state index contributed by atoms with van der Waals surface area (Å²) in [6, 6.07) is 0.834. The summed E-state index contributed by atoms with van der Waals surface area (Å²) in [5, 5.41) is 2.12. The second-order valence-corrected chi connectivity index (χ2v) is 7.78. The predicted octanol–water partition coefficient (Wildman–Crippen LogP) is 5.92. The average Bonchev–Trinajstić information content (AvgIpc) is 2.55. The summed E-state index contributed by atoms with van der Waals surface area (Å²) in [6.07, 6.45) is -9.83. The molecule has 0 fully saturated rings. The number of benzene rings is 2. The first-order chi connectivity index (χ1) is 13.5. The average molecular weight is 497 g/mol. The maximum absolute atomic E-state index is 13.0. The first-order valence-corrected chi connectivity index (χ1v) is 9.52. The van der Waals surface area contributed by atoms with Crippen molar-refractivity contribution in [1.82, 2.24) is 0 Å². The van der Waals surface area contributed by atoms with Gasteiger partial charge in [0.1, 0.15) is 4.90 Å². The molecule has 0 saturated heterocycles. The van der Waals surface area contributed by atoms with Gasteiger partial charge in [-0.3, -0.25) is 4.55 Å². The van der Waals surface area contributed by atoms with E-state index in [0.717, 1.165) is 6.07 Å². The SMILES string of the molecule is O=C(Nc1cc(C(F)(F)F)ccc1Cl)Nc1cc(C(F)(F)F)c(Cl)cc1S(=O)(=O)O. The van der Waals surface area contributed by atoms with Crippen molar-refractivity contribution < 1.29 is 44.1 Å². The van der Waals surface area contributed by atoms with Gasteiger partial charge in [0.2, 0.25) is 0 Å². The van der Waals surface area contributed by atoms with E-state index < -0.39 is 60.9 Å². The molecule has 0 radical (unpaired) electrons. The van der Waals surface area contributed by atoms with Gasteiger partial charge in [0.25, 0.3) is 10.1 Å². The fourth-order valence-electron chi connectivity index (χ4n) is 2.16. The Morgan fingerprint density at radius 2 is 1.43 bits per heavy atom. The largest absolute Gasteiger partial charge is 0.417 e. The molecule has 164 valence electrons. The van der Waals surface area contributed by atoms with Crippen LogP contribution in [0, 0.1) is 0 Å². The lowest BCUT2D eigenvalue weighted by Crippen LogP contribution is -2.22. The lowest BCUT2D eigenvalue weighted by molar-refractivity contribution is -0.138. The summed E-state index contributed by atoms with van der Waals surface area (Å²) in [6.45, 7) is 0. The Balaban J connectivity index is 2.44. The van der Waals surface area contributed by atoms with E-state index in [0.29, 0.717) is 12.1 Å². The van der Waals surface area contributed by atoms with Crippen molar-refractivity contribution in [2.24, 2.45) is 0 Å². The summed E-state index contributed by atoms with van der Waals surface area (Å²) >= 11 is 11.1. The van der Waals surface area contributed by atoms with Gasteiger partial charge in [0.05, 0.1) is 32.5 Å². The van der Waals surface area contributed by atoms with Gasteiger partial charge in [-0.2, -0.15) is 34.8 Å². The number of hydrogen-bond acceptors (Lipinski definition) is 3. The quantitative estimate of drug-likeness (QED) is 0.363. The summed E-state index contributed by atoms with van der Waals surface area (Å²) in [5.74, 6) is 0. The number of nitrogens with one attached hydrogen (secondary N) is 2. The molecule has 0 aliphatic carbocycles. The van der Waals surface area contributed by atoms with Crippen LogP contribution < -0.4 is 10.6 Å². The number of carbonyl (C=O) groups is 1. The number of hydrogen-bond donors (Lipinski definition) is 3. The van der Waals surface area contributed by atoms with Crippen LogP contribution in [0.4, 0.5) is 42.5 Å². The van der Waals surface area contributed by atoms with Crippen LogP contribution in [0.3, 0.4) is 0 Å². The van der Waals surface area contributed by atoms with Crippen molar-refractivity contribution in [3.8, 4) is 0 Å². The Bertz CT molecular complexity index is 1100. The number of urea groups is 1. The van der Waals surface area contributed by atoms with Gasteiger partial charge in [0, 0.05) is 0 Å². The van der Waals surface area contributed by atoms with Crippen LogP contribution in [0.1, 0.15) is 11.1 Å². The predicted molar refractivity (Wildman–Crippen MR) is 95.4 cm³/mol. The first-order valence-electron chi connectivity index (χ1n) is 7.33. The molecular weight excluding hydrogens is 489 g/mol. The second-order valence-electron chi connectivity index (χ2n) is 5.57. The molecule has 0 aliphatic heterocycles. The van der Waals surface area contributed by atoms with Gasteiger partial charge >= 0.3 is 18.4 Å². The molecule has 0 unspecified atom stereocenters. The molecular formula is C15H8Cl2F6N2O4S. The Labute approximate surface area is 174 Å². The Kier molecular flexibility index (Phi) is 6.52. The fourth-order valence-corrected chi connectivity index (χ4v) is 3.31. The number of halogens is 8. The molecule has 3 N–H and O–H groups in total. The van der Waals surface area contributed by atoms with Gasteiger partial charge in [-0.05, 0) is 30.3 Å². The van der Waals surface area contributed by atoms with Gasteiger partial charge in [-0.1, -0.05) is 23.2 Å². The van der Waals surface area contributed by atoms with E-state index in [1.165, 1.54) is 0 Å². The summed E-state index contributed by atoms with van der Waals surface area (Å²) in [5.41, 5.74) is -4.33. The van der Waals surface area contributed by atoms with Crippen LogP contribution in [0.15, 0.2) is 35.2 Å². The maximum Gasteiger partial charge on any atom is 0.417 e. The van der Waals surface area contributed by atoms with Gasteiger partial charge in [-0.15, -0.1) is 0 Å². The molecule has 2 aromatic rings. The fraction of sp³-hybridized carbons (Fsp3) is 0.133. The highest BCUT2D eigenvalue weighted by Crippen LogP contribution is 2.39. The minimum Gasteiger partial charge on any atom is -0.306 e. The van der Waals surface area contributed by atoms with E-state index >= 15 is 0 Å². The van der Waals surface area contributed by atoms with Crippen molar-refractivity contribution in [2.75, 3.05) is 10.6 Å². The van der Waals surface area contributed by atoms with Crippen molar-refractivity contribution in [3.05, 3.63) is 51.5 Å². The number of alkyl halides is 6. The maximum atomic E-state index is 13.0. The Hall–Kier alpha value is -2.22. The highest BCUT2D eigenvalue weighted by Gasteiger charge is 2.36. The Morgan fingerprint density at radius 1 is 0.867 bits per heavy atom. The highest BCUT2D eigenvalue weighted by atomic mass is 35.5. The minimum absolute atomic E-state index is 0.138. The van der Waals surface area contributed by atoms with Crippen molar-refractivity contribution >= 4 is 50.7 Å². The number of amides is 2. The van der Waals surface area contributed by atoms with Gasteiger partial charge in [0.15, 0.2) is 0 Å². The van der Waals surface area contributed by atoms with Crippen LogP contribution in [0.2, 0.25) is 10.0 Å². The van der Waals surface area contributed by atoms with E-state index in [-0.39, 0.29) is 17.2 Å². The number of carbonyl (C=O) groups excluding carboxylic acids is 1. The topological polar surface area (TPSA) is 95.5 Å². The zero-order chi connectivity index (χ0) is 23.1. The van der Waals surface area contributed by atoms with E-state index in [4.69, 9.17) is 23.2 Å². The molecule has 30 heavy (non-hydrogen) atoms. The molecule has 0 heterocycles. The molecule has 0 atom stereocenters. The molecule has 15 heteroatoms. The number of anilines is 2. The van der Waals surface area contributed by atoms with Crippen LogP contribution >= 0.6 is 23.2 Å². The molecule has 0 bridgehead atoms. The highest BCUT2D eigenvalue weighted by molar-refractivity contribution is 7.86. The van der Waals surface area contributed by atoms with Gasteiger partial charge < -0.3 is 10.6 Å². The lowest BCUT2D eigenvalue weighted by Gasteiger charge is -2.16. The third-order valence-electron chi connectivity index (χ3n) is 3.44. The zero-order valence-corrected chi connectivity index (χ0v) is 16.3. The summed E-state index contributed by atoms with van der Waals surface area (Å²) in [7, 11) is -5.14. The number of rotatable bonds is 3. The zero-order valence-electron chi connectivity index (χ0n) is 14.0. The van der Waals surface area contributed by atoms with E-state index in [1.807, 2.05) is 5.32 Å². The van der Waals surface area contributed by atoms with Crippen LogP contribution in [-0.2, 0) is 22.5 Å². The Morgan fingerprint density at radius 3 is 1.93 bits per heavy atom. The molecule has 2 aromatic carbocycles. The van der Waals surface area contributed by atoms with Crippen molar-refractivity contribution in [1.29, 1.82) is 0 Å². The van der Waals surface area contributed by atoms with Crippen molar-refractivity contribution in [2.45, 2.75) is 17.2 Å². The molecule has 0 aromatic heterocycles. The second kappa shape index (κ2) is 8.13. The summed E-state index contributed by atoms with van der Waals surface area (Å²) in [4.78, 5) is 10.9. The van der Waals surface area contributed by atoms with Crippen LogP contribution in [0.25, 0.3) is 0 Å². The molecule has 0 spiro atoms. The van der Waals surface area contributed by atoms with Crippen molar-refractivity contribution in [3.63, 3.8) is 0 Å². The molecule has 6 nitrogen and oxygen atoms in total. The van der Waals surface area contributed by atoms with Crippen LogP contribution in [-0.4, -0.2) is 19.0 Å². The van der Waals surface area contributed by atoms with Crippen LogP contribution in [0.5, 0.6) is 0 Å².